The predicted octanol–water partition coefficient (Wildman–Crippen LogP) is -0.238. The highest BCUT2D eigenvalue weighted by atomic mass is 16.5. The smallest absolute Gasteiger partial charge is 0.325 e. The number of rotatable bonds is 8. The van der Waals surface area contributed by atoms with Crippen molar-refractivity contribution in [3.8, 4) is 0 Å². The van der Waals surface area contributed by atoms with Gasteiger partial charge in [0.05, 0.1) is 19.3 Å². The molecule has 0 saturated carbocycles. The molecule has 0 aliphatic carbocycles. The predicted molar refractivity (Wildman–Crippen MR) is 63.4 cm³/mol. The van der Waals surface area contributed by atoms with Gasteiger partial charge in [-0.15, -0.1) is 0 Å². The molecule has 1 amide bonds. The number of hydrogen-bond acceptors (Lipinski definition) is 5. The Morgan fingerprint density at radius 3 is 2.47 bits per heavy atom. The zero-order chi connectivity index (χ0) is 13.3. The molecule has 0 radical (unpaired) electrons. The molecule has 0 saturated heterocycles. The summed E-state index contributed by atoms with van der Waals surface area (Å²) in [6.45, 7) is 4.45. The Bertz CT molecular complexity index is 246. The molecule has 6 nitrogen and oxygen atoms in total. The third-order valence-electron chi connectivity index (χ3n) is 2.26. The van der Waals surface area contributed by atoms with E-state index in [1.54, 1.807) is 6.92 Å². The topological polar surface area (TPSA) is 81.9 Å². The van der Waals surface area contributed by atoms with E-state index in [1.165, 1.54) is 12.0 Å². The van der Waals surface area contributed by atoms with Crippen molar-refractivity contribution < 1.29 is 19.1 Å². The fourth-order valence-corrected chi connectivity index (χ4v) is 1.24. The van der Waals surface area contributed by atoms with Crippen molar-refractivity contribution in [2.45, 2.75) is 26.3 Å². The minimum Gasteiger partial charge on any atom is -0.465 e. The van der Waals surface area contributed by atoms with Crippen molar-refractivity contribution in [2.24, 2.45) is 5.73 Å². The summed E-state index contributed by atoms with van der Waals surface area (Å²) in [4.78, 5) is 24.6. The largest absolute Gasteiger partial charge is 0.465 e. The number of nitrogens with zero attached hydrogens (tertiary/aromatic N) is 1. The van der Waals surface area contributed by atoms with Crippen molar-refractivity contribution >= 4 is 11.9 Å². The molecule has 0 aromatic heterocycles. The summed E-state index contributed by atoms with van der Waals surface area (Å²) in [7, 11) is 1.53. The number of ether oxygens (including phenoxy) is 2. The zero-order valence-electron chi connectivity index (χ0n) is 10.8. The Morgan fingerprint density at radius 2 is 2.00 bits per heavy atom. The number of nitrogens with two attached hydrogens (primary N) is 1. The van der Waals surface area contributed by atoms with Gasteiger partial charge in [0.25, 0.3) is 0 Å². The van der Waals surface area contributed by atoms with E-state index in [4.69, 9.17) is 15.2 Å². The molecular weight excluding hydrogens is 224 g/mol. The number of carbonyl (C=O) groups excluding carboxylic acids is 2. The molecule has 17 heavy (non-hydrogen) atoms. The monoisotopic (exact) mass is 246 g/mol. The van der Waals surface area contributed by atoms with Crippen molar-refractivity contribution in [1.29, 1.82) is 0 Å². The molecular formula is C11H22N2O4. The number of esters is 1. The summed E-state index contributed by atoms with van der Waals surface area (Å²) in [5.41, 5.74) is 5.65. The van der Waals surface area contributed by atoms with E-state index in [2.05, 4.69) is 0 Å². The van der Waals surface area contributed by atoms with Crippen LogP contribution in [0, 0.1) is 0 Å². The second-order valence-electron chi connectivity index (χ2n) is 3.57. The highest BCUT2D eigenvalue weighted by Gasteiger charge is 2.22. The molecule has 0 rings (SSSR count). The van der Waals surface area contributed by atoms with Crippen LogP contribution in [0.15, 0.2) is 0 Å². The molecule has 0 bridgehead atoms. The normalized spacial score (nSPS) is 12.0. The Morgan fingerprint density at radius 1 is 1.35 bits per heavy atom. The van der Waals surface area contributed by atoms with Crippen molar-refractivity contribution in [3.05, 3.63) is 0 Å². The first-order chi connectivity index (χ1) is 8.06. The summed E-state index contributed by atoms with van der Waals surface area (Å²) in [6.07, 6.45) is 0.533. The maximum atomic E-state index is 11.9. The van der Waals surface area contributed by atoms with Crippen molar-refractivity contribution in [3.63, 3.8) is 0 Å². The number of amides is 1. The SMILES string of the molecule is CCOC(=O)CN(CCOC)C(=O)C(N)CC. The molecule has 0 spiro atoms. The van der Waals surface area contributed by atoms with E-state index in [9.17, 15) is 9.59 Å². The van der Waals surface area contributed by atoms with Crippen LogP contribution in [0.5, 0.6) is 0 Å². The Labute approximate surface area is 102 Å². The summed E-state index contributed by atoms with van der Waals surface area (Å²) < 4.78 is 9.69. The second-order valence-corrected chi connectivity index (χ2v) is 3.57. The number of hydrogen-bond donors (Lipinski definition) is 1. The van der Waals surface area contributed by atoms with Crippen LogP contribution in [0.4, 0.5) is 0 Å². The first kappa shape index (κ1) is 15.9. The highest BCUT2D eigenvalue weighted by molar-refractivity contribution is 5.85. The molecule has 0 aromatic rings. The van der Waals surface area contributed by atoms with E-state index in [1.807, 2.05) is 6.92 Å². The molecule has 0 aromatic carbocycles. The van der Waals surface area contributed by atoms with Gasteiger partial charge in [0.1, 0.15) is 6.54 Å². The minimum absolute atomic E-state index is 0.0796. The van der Waals surface area contributed by atoms with Gasteiger partial charge in [-0.2, -0.15) is 0 Å². The maximum Gasteiger partial charge on any atom is 0.325 e. The lowest BCUT2D eigenvalue weighted by Crippen LogP contribution is -2.47. The van der Waals surface area contributed by atoms with Crippen LogP contribution >= 0.6 is 0 Å². The molecule has 0 fully saturated rings. The first-order valence-electron chi connectivity index (χ1n) is 5.75. The van der Waals surface area contributed by atoms with Gasteiger partial charge >= 0.3 is 5.97 Å². The number of methoxy groups -OCH3 is 1. The van der Waals surface area contributed by atoms with Gasteiger partial charge in [-0.3, -0.25) is 9.59 Å². The van der Waals surface area contributed by atoms with E-state index >= 15 is 0 Å². The first-order valence-corrected chi connectivity index (χ1v) is 5.75. The van der Waals surface area contributed by atoms with E-state index in [0.717, 1.165) is 0 Å². The Kier molecular flexibility index (Phi) is 8.35. The second kappa shape index (κ2) is 8.95. The van der Waals surface area contributed by atoms with Gasteiger partial charge < -0.3 is 20.1 Å². The molecule has 6 heteroatoms. The lowest BCUT2D eigenvalue weighted by Gasteiger charge is -2.24. The molecule has 1 unspecified atom stereocenters. The Balaban J connectivity index is 4.41. The average Bonchev–Trinajstić information content (AvgIpc) is 2.32. The lowest BCUT2D eigenvalue weighted by atomic mass is 10.2. The van der Waals surface area contributed by atoms with Crippen LogP contribution < -0.4 is 5.73 Å². The average molecular weight is 246 g/mol. The molecule has 100 valence electrons. The van der Waals surface area contributed by atoms with Gasteiger partial charge in [0, 0.05) is 13.7 Å². The van der Waals surface area contributed by atoms with E-state index in [0.29, 0.717) is 26.2 Å². The summed E-state index contributed by atoms with van der Waals surface area (Å²) in [5, 5.41) is 0. The third kappa shape index (κ3) is 6.23. The van der Waals surface area contributed by atoms with Crippen LogP contribution in [0.2, 0.25) is 0 Å². The van der Waals surface area contributed by atoms with Crippen LogP contribution in [0.1, 0.15) is 20.3 Å². The zero-order valence-corrected chi connectivity index (χ0v) is 10.8. The van der Waals surface area contributed by atoms with E-state index in [-0.39, 0.29) is 12.5 Å². The van der Waals surface area contributed by atoms with Gasteiger partial charge in [-0.25, -0.2) is 0 Å². The van der Waals surface area contributed by atoms with Crippen LogP contribution in [0.25, 0.3) is 0 Å². The third-order valence-corrected chi connectivity index (χ3v) is 2.26. The van der Waals surface area contributed by atoms with Gasteiger partial charge in [0.15, 0.2) is 0 Å². The highest BCUT2D eigenvalue weighted by Crippen LogP contribution is 1.98. The van der Waals surface area contributed by atoms with Gasteiger partial charge in [0.2, 0.25) is 5.91 Å². The molecule has 0 aliphatic rings. The Hall–Kier alpha value is -1.14. The van der Waals surface area contributed by atoms with Crippen LogP contribution in [-0.2, 0) is 19.1 Å². The van der Waals surface area contributed by atoms with Crippen LogP contribution in [0.3, 0.4) is 0 Å². The molecule has 0 aliphatic heterocycles. The molecule has 0 heterocycles. The van der Waals surface area contributed by atoms with Crippen LogP contribution in [-0.4, -0.2) is 56.2 Å². The van der Waals surface area contributed by atoms with Crippen molar-refractivity contribution in [1.82, 2.24) is 4.90 Å². The summed E-state index contributed by atoms with van der Waals surface area (Å²) in [6, 6.07) is -0.582. The lowest BCUT2D eigenvalue weighted by molar-refractivity contribution is -0.149. The quantitative estimate of drug-likeness (QED) is 0.598. The van der Waals surface area contributed by atoms with E-state index < -0.39 is 12.0 Å². The molecule has 1 atom stereocenters. The van der Waals surface area contributed by atoms with Gasteiger partial charge in [-0.1, -0.05) is 6.92 Å². The molecule has 2 N–H and O–H groups in total. The maximum absolute atomic E-state index is 11.9. The fraction of sp³-hybridized carbons (Fsp3) is 0.818. The van der Waals surface area contributed by atoms with Gasteiger partial charge in [-0.05, 0) is 13.3 Å². The fourth-order valence-electron chi connectivity index (χ4n) is 1.24. The standard InChI is InChI=1S/C11H22N2O4/c1-4-9(12)11(15)13(6-7-16-3)8-10(14)17-5-2/h9H,4-8,12H2,1-3H3. The number of carbonyl (C=O) groups is 2. The summed E-state index contributed by atoms with van der Waals surface area (Å²) >= 11 is 0. The minimum atomic E-state index is -0.582. The summed E-state index contributed by atoms with van der Waals surface area (Å²) in [5.74, 6) is -0.683. The van der Waals surface area contributed by atoms with Crippen molar-refractivity contribution in [2.75, 3.05) is 33.4 Å².